The zero-order valence-electron chi connectivity index (χ0n) is 10.7. The van der Waals surface area contributed by atoms with Crippen LogP contribution in [0.4, 0.5) is 0 Å². The molecule has 0 aliphatic heterocycles. The van der Waals surface area contributed by atoms with E-state index in [0.29, 0.717) is 12.6 Å². The Bertz CT molecular complexity index is 376. The van der Waals surface area contributed by atoms with Gasteiger partial charge in [-0.2, -0.15) is 0 Å². The lowest BCUT2D eigenvalue weighted by molar-refractivity contribution is 0.266. The van der Waals surface area contributed by atoms with Crippen molar-refractivity contribution in [3.63, 3.8) is 0 Å². The fourth-order valence-corrected chi connectivity index (χ4v) is 1.61. The average molecular weight is 254 g/mol. The molecule has 2 nitrogen and oxygen atoms in total. The number of hydrogen-bond donors (Lipinski definition) is 1. The van der Waals surface area contributed by atoms with Gasteiger partial charge in [0, 0.05) is 23.2 Å². The maximum Gasteiger partial charge on any atom is 0.126 e. The summed E-state index contributed by atoms with van der Waals surface area (Å²) in [6.45, 7) is 10.6. The van der Waals surface area contributed by atoms with Crippen LogP contribution in [-0.4, -0.2) is 12.1 Å². The molecule has 1 atom stereocenters. The molecule has 1 aromatic carbocycles. The van der Waals surface area contributed by atoms with Crippen molar-refractivity contribution < 1.29 is 4.74 Å². The van der Waals surface area contributed by atoms with Crippen LogP contribution in [0.5, 0.6) is 5.75 Å². The first-order chi connectivity index (χ1) is 8.04. The molecule has 0 aromatic heterocycles. The second-order valence-corrected chi connectivity index (χ2v) is 4.72. The van der Waals surface area contributed by atoms with Gasteiger partial charge < -0.3 is 10.1 Å². The van der Waals surface area contributed by atoms with Crippen molar-refractivity contribution in [2.45, 2.75) is 39.5 Å². The third-order valence-electron chi connectivity index (χ3n) is 2.41. The number of ether oxygens (including phenoxy) is 1. The summed E-state index contributed by atoms with van der Waals surface area (Å²) in [5.41, 5.74) is 0.997. The van der Waals surface area contributed by atoms with Gasteiger partial charge in [0.2, 0.25) is 0 Å². The summed E-state index contributed by atoms with van der Waals surface area (Å²) in [6.07, 6.45) is 1.74. The SMILES string of the molecule is C=CC(C)Oc1cccc(Cl)c1CNC(C)C. The van der Waals surface area contributed by atoms with E-state index in [2.05, 4.69) is 25.7 Å². The lowest BCUT2D eigenvalue weighted by Gasteiger charge is -2.17. The summed E-state index contributed by atoms with van der Waals surface area (Å²) in [4.78, 5) is 0. The van der Waals surface area contributed by atoms with E-state index in [9.17, 15) is 0 Å². The normalized spacial score (nSPS) is 12.5. The van der Waals surface area contributed by atoms with Crippen LogP contribution in [0.25, 0.3) is 0 Å². The highest BCUT2D eigenvalue weighted by molar-refractivity contribution is 6.31. The molecule has 94 valence electrons. The highest BCUT2D eigenvalue weighted by Crippen LogP contribution is 2.27. The predicted octanol–water partition coefficient (Wildman–Crippen LogP) is 3.79. The number of rotatable bonds is 6. The second-order valence-electron chi connectivity index (χ2n) is 4.31. The van der Waals surface area contributed by atoms with Crippen molar-refractivity contribution in [2.75, 3.05) is 0 Å². The van der Waals surface area contributed by atoms with Gasteiger partial charge in [-0.25, -0.2) is 0 Å². The van der Waals surface area contributed by atoms with Gasteiger partial charge in [0.05, 0.1) is 0 Å². The molecule has 0 aliphatic carbocycles. The van der Waals surface area contributed by atoms with E-state index in [4.69, 9.17) is 16.3 Å². The third-order valence-corrected chi connectivity index (χ3v) is 2.76. The minimum atomic E-state index is -0.0220. The molecule has 0 fully saturated rings. The fourth-order valence-electron chi connectivity index (χ4n) is 1.38. The summed E-state index contributed by atoms with van der Waals surface area (Å²) in [5, 5.41) is 4.07. The van der Waals surface area contributed by atoms with E-state index in [1.165, 1.54) is 0 Å². The van der Waals surface area contributed by atoms with Gasteiger partial charge in [-0.05, 0) is 19.1 Å². The fraction of sp³-hybridized carbons (Fsp3) is 0.429. The van der Waals surface area contributed by atoms with E-state index < -0.39 is 0 Å². The molecule has 17 heavy (non-hydrogen) atoms. The Balaban J connectivity index is 2.87. The molecular formula is C14H20ClNO. The quantitative estimate of drug-likeness (QED) is 0.779. The van der Waals surface area contributed by atoms with Gasteiger partial charge >= 0.3 is 0 Å². The molecule has 0 spiro atoms. The Morgan fingerprint density at radius 2 is 2.12 bits per heavy atom. The molecule has 1 N–H and O–H groups in total. The molecule has 0 bridgehead atoms. The minimum Gasteiger partial charge on any atom is -0.486 e. The zero-order chi connectivity index (χ0) is 12.8. The van der Waals surface area contributed by atoms with Crippen molar-refractivity contribution in [1.29, 1.82) is 0 Å². The van der Waals surface area contributed by atoms with Crippen LogP contribution in [0.15, 0.2) is 30.9 Å². The molecule has 1 unspecified atom stereocenters. The second kappa shape index (κ2) is 6.67. The molecule has 0 aliphatic rings. The van der Waals surface area contributed by atoms with E-state index in [1.54, 1.807) is 6.08 Å². The predicted molar refractivity (Wildman–Crippen MR) is 73.7 cm³/mol. The molecule has 0 heterocycles. The average Bonchev–Trinajstić information content (AvgIpc) is 2.27. The van der Waals surface area contributed by atoms with Crippen molar-refractivity contribution in [2.24, 2.45) is 0 Å². The Hall–Kier alpha value is -0.990. The van der Waals surface area contributed by atoms with E-state index in [0.717, 1.165) is 16.3 Å². The summed E-state index contributed by atoms with van der Waals surface area (Å²) in [5.74, 6) is 0.818. The number of halogens is 1. The summed E-state index contributed by atoms with van der Waals surface area (Å²) < 4.78 is 5.77. The van der Waals surface area contributed by atoms with Crippen LogP contribution >= 0.6 is 11.6 Å². The molecule has 3 heteroatoms. The van der Waals surface area contributed by atoms with Crippen molar-refractivity contribution in [1.82, 2.24) is 5.32 Å². The summed E-state index contributed by atoms with van der Waals surface area (Å²) >= 11 is 6.19. The zero-order valence-corrected chi connectivity index (χ0v) is 11.4. The van der Waals surface area contributed by atoms with Gasteiger partial charge in [-0.15, -0.1) is 0 Å². The van der Waals surface area contributed by atoms with Gasteiger partial charge in [0.1, 0.15) is 11.9 Å². The summed E-state index contributed by atoms with van der Waals surface area (Å²) in [7, 11) is 0. The van der Waals surface area contributed by atoms with Crippen molar-refractivity contribution in [3.8, 4) is 5.75 Å². The van der Waals surface area contributed by atoms with Gasteiger partial charge in [-0.3, -0.25) is 0 Å². The maximum absolute atomic E-state index is 6.19. The van der Waals surface area contributed by atoms with Crippen molar-refractivity contribution >= 4 is 11.6 Å². The largest absolute Gasteiger partial charge is 0.486 e. The van der Waals surface area contributed by atoms with Crippen molar-refractivity contribution in [3.05, 3.63) is 41.4 Å². The van der Waals surface area contributed by atoms with Gasteiger partial charge in [0.25, 0.3) is 0 Å². The number of hydrogen-bond acceptors (Lipinski definition) is 2. The van der Waals surface area contributed by atoms with E-state index in [-0.39, 0.29) is 6.10 Å². The molecular weight excluding hydrogens is 234 g/mol. The van der Waals surface area contributed by atoms with Gasteiger partial charge in [-0.1, -0.05) is 44.2 Å². The Labute approximate surface area is 109 Å². The number of benzene rings is 1. The maximum atomic E-state index is 6.19. The Morgan fingerprint density at radius 1 is 1.41 bits per heavy atom. The smallest absolute Gasteiger partial charge is 0.126 e. The molecule has 0 saturated heterocycles. The number of nitrogens with one attached hydrogen (secondary N) is 1. The van der Waals surface area contributed by atoms with Crippen LogP contribution in [0.1, 0.15) is 26.3 Å². The molecule has 0 amide bonds. The monoisotopic (exact) mass is 253 g/mol. The van der Waals surface area contributed by atoms with E-state index >= 15 is 0 Å². The lowest BCUT2D eigenvalue weighted by Crippen LogP contribution is -2.22. The third kappa shape index (κ3) is 4.41. The first-order valence-electron chi connectivity index (χ1n) is 5.84. The van der Waals surface area contributed by atoms with Crippen LogP contribution in [0.3, 0.4) is 0 Å². The minimum absolute atomic E-state index is 0.0220. The molecule has 1 aromatic rings. The van der Waals surface area contributed by atoms with Gasteiger partial charge in [0.15, 0.2) is 0 Å². The molecule has 0 saturated carbocycles. The standard InChI is InChI=1S/C14H20ClNO/c1-5-11(4)17-14-8-6-7-13(15)12(14)9-16-10(2)3/h5-8,10-11,16H,1,9H2,2-4H3. The topological polar surface area (TPSA) is 21.3 Å². The highest BCUT2D eigenvalue weighted by atomic mass is 35.5. The molecule has 1 rings (SSSR count). The highest BCUT2D eigenvalue weighted by Gasteiger charge is 2.10. The van der Waals surface area contributed by atoms with Crippen LogP contribution < -0.4 is 10.1 Å². The first-order valence-corrected chi connectivity index (χ1v) is 6.22. The van der Waals surface area contributed by atoms with Crippen LogP contribution in [-0.2, 0) is 6.54 Å². The summed E-state index contributed by atoms with van der Waals surface area (Å²) in [6, 6.07) is 6.12. The van der Waals surface area contributed by atoms with Crippen LogP contribution in [0.2, 0.25) is 5.02 Å². The lowest BCUT2D eigenvalue weighted by atomic mass is 10.2. The van der Waals surface area contributed by atoms with E-state index in [1.807, 2.05) is 25.1 Å². The van der Waals surface area contributed by atoms with Crippen LogP contribution in [0, 0.1) is 0 Å². The Kier molecular flexibility index (Phi) is 5.52. The molecule has 0 radical (unpaired) electrons. The Morgan fingerprint density at radius 3 is 2.71 bits per heavy atom. The first kappa shape index (κ1) is 14.1.